The number of rotatable bonds is 4. The normalized spacial score (nSPS) is 10.4. The van der Waals surface area contributed by atoms with Gasteiger partial charge >= 0.3 is 0 Å². The number of pyridine rings is 2. The summed E-state index contributed by atoms with van der Waals surface area (Å²) in [6.07, 6.45) is 8.18. The number of aromatic nitrogens is 2. The summed E-state index contributed by atoms with van der Waals surface area (Å²) in [5.41, 5.74) is 0. The van der Waals surface area contributed by atoms with Gasteiger partial charge in [0.25, 0.3) is 0 Å². The lowest BCUT2D eigenvalue weighted by molar-refractivity contribution is -0.727. The van der Waals surface area contributed by atoms with Gasteiger partial charge < -0.3 is 10.2 Å². The molecule has 0 bridgehead atoms. The zero-order chi connectivity index (χ0) is 12.1. The molecule has 0 spiro atoms. The van der Waals surface area contributed by atoms with Crippen LogP contribution in [0.25, 0.3) is 0 Å². The molecule has 4 heteroatoms. The van der Waals surface area contributed by atoms with Crippen molar-refractivity contribution < 1.29 is 19.3 Å². The van der Waals surface area contributed by atoms with Crippen LogP contribution in [0.15, 0.2) is 49.1 Å². The van der Waals surface area contributed by atoms with E-state index in [1.807, 2.05) is 33.7 Å². The Morgan fingerprint density at radius 2 is 1.29 bits per heavy atom. The Morgan fingerprint density at radius 3 is 1.71 bits per heavy atom. The monoisotopic (exact) mass is 232 g/mol. The molecule has 0 saturated heterocycles. The van der Waals surface area contributed by atoms with Crippen molar-refractivity contribution in [2.45, 2.75) is 19.5 Å². The summed E-state index contributed by atoms with van der Waals surface area (Å²) in [5, 5.41) is 18.6. The SMILES string of the molecule is Oc1ccc[n+](CCC[n+]2cccc(O)c2)c1. The molecule has 0 fully saturated rings. The molecule has 2 aromatic heterocycles. The molecule has 0 aromatic carbocycles. The van der Waals surface area contributed by atoms with Gasteiger partial charge in [0, 0.05) is 12.1 Å². The molecule has 2 rings (SSSR count). The molecule has 0 unspecified atom stereocenters. The molecule has 2 N–H and O–H groups in total. The van der Waals surface area contributed by atoms with Gasteiger partial charge in [-0.15, -0.1) is 0 Å². The van der Waals surface area contributed by atoms with E-state index in [9.17, 15) is 10.2 Å². The van der Waals surface area contributed by atoms with Gasteiger partial charge in [0.05, 0.1) is 6.42 Å². The molecule has 88 valence electrons. The van der Waals surface area contributed by atoms with E-state index in [1.165, 1.54) is 0 Å². The maximum Gasteiger partial charge on any atom is 0.210 e. The van der Waals surface area contributed by atoms with Crippen LogP contribution in [0.2, 0.25) is 0 Å². The Balaban J connectivity index is 1.87. The Labute approximate surface area is 100 Å². The van der Waals surface area contributed by atoms with Crippen LogP contribution in [0.1, 0.15) is 6.42 Å². The van der Waals surface area contributed by atoms with Gasteiger partial charge in [0.15, 0.2) is 37.0 Å². The molecule has 17 heavy (non-hydrogen) atoms. The molecule has 2 aromatic rings. The lowest BCUT2D eigenvalue weighted by atomic mass is 10.3. The lowest BCUT2D eigenvalue weighted by Gasteiger charge is -1.97. The van der Waals surface area contributed by atoms with E-state index in [-0.39, 0.29) is 11.5 Å². The predicted molar refractivity (Wildman–Crippen MR) is 61.2 cm³/mol. The van der Waals surface area contributed by atoms with Crippen molar-refractivity contribution in [1.29, 1.82) is 0 Å². The van der Waals surface area contributed by atoms with Crippen molar-refractivity contribution in [1.82, 2.24) is 0 Å². The maximum absolute atomic E-state index is 9.31. The summed E-state index contributed by atoms with van der Waals surface area (Å²) in [6.45, 7) is 1.66. The first-order valence-corrected chi connectivity index (χ1v) is 5.60. The van der Waals surface area contributed by atoms with E-state index in [4.69, 9.17) is 0 Å². The standard InChI is InChI=1S/C13H14N2O2/c16-12-4-1-6-14(10-12)8-3-9-15-7-2-5-13(17)11-15/h1-2,4-7,10-11H,3,8-9H2/p+2. The highest BCUT2D eigenvalue weighted by Gasteiger charge is 2.05. The highest BCUT2D eigenvalue weighted by Crippen LogP contribution is 2.01. The van der Waals surface area contributed by atoms with E-state index >= 15 is 0 Å². The lowest BCUT2D eigenvalue weighted by Crippen LogP contribution is -2.38. The largest absolute Gasteiger partial charge is 0.503 e. The average molecular weight is 232 g/mol. The smallest absolute Gasteiger partial charge is 0.210 e. The van der Waals surface area contributed by atoms with Crippen LogP contribution in [0.4, 0.5) is 0 Å². The minimum atomic E-state index is 0.275. The number of hydrogen-bond acceptors (Lipinski definition) is 2. The fraction of sp³-hybridized carbons (Fsp3) is 0.231. The van der Waals surface area contributed by atoms with Gasteiger partial charge in [-0.2, -0.15) is 0 Å². The molecule has 4 nitrogen and oxygen atoms in total. The molecule has 0 amide bonds. The van der Waals surface area contributed by atoms with Crippen molar-refractivity contribution >= 4 is 0 Å². The second-order valence-corrected chi connectivity index (χ2v) is 3.95. The molecule has 0 saturated carbocycles. The van der Waals surface area contributed by atoms with Gasteiger partial charge in [0.2, 0.25) is 12.4 Å². The van der Waals surface area contributed by atoms with Crippen LogP contribution in [0.5, 0.6) is 11.5 Å². The third-order valence-electron chi connectivity index (χ3n) is 2.52. The third kappa shape index (κ3) is 3.45. The summed E-state index contributed by atoms with van der Waals surface area (Å²) in [4.78, 5) is 0. The van der Waals surface area contributed by atoms with Crippen LogP contribution < -0.4 is 9.13 Å². The summed E-state index contributed by atoms with van der Waals surface area (Å²) >= 11 is 0. The van der Waals surface area contributed by atoms with E-state index in [2.05, 4.69) is 0 Å². The predicted octanol–water partition coefficient (Wildman–Crippen LogP) is 0.763. The maximum atomic E-state index is 9.31. The zero-order valence-electron chi connectivity index (χ0n) is 9.53. The third-order valence-corrected chi connectivity index (χ3v) is 2.52. The minimum absolute atomic E-state index is 0.275. The first-order valence-electron chi connectivity index (χ1n) is 5.60. The highest BCUT2D eigenvalue weighted by molar-refractivity contribution is 5.10. The van der Waals surface area contributed by atoms with E-state index < -0.39 is 0 Å². The summed E-state index contributed by atoms with van der Waals surface area (Å²) < 4.78 is 3.89. The van der Waals surface area contributed by atoms with Gasteiger partial charge in [0.1, 0.15) is 0 Å². The molecule has 0 aliphatic rings. The van der Waals surface area contributed by atoms with Gasteiger partial charge in [-0.3, -0.25) is 0 Å². The molecule has 0 aliphatic heterocycles. The number of aromatic hydroxyl groups is 2. The van der Waals surface area contributed by atoms with Gasteiger partial charge in [-0.25, -0.2) is 9.13 Å². The van der Waals surface area contributed by atoms with Crippen molar-refractivity contribution in [3.05, 3.63) is 49.1 Å². The average Bonchev–Trinajstić information content (AvgIpc) is 2.29. The van der Waals surface area contributed by atoms with Crippen LogP contribution in [-0.4, -0.2) is 10.2 Å². The van der Waals surface area contributed by atoms with Crippen LogP contribution in [0.3, 0.4) is 0 Å². The van der Waals surface area contributed by atoms with E-state index in [0.29, 0.717) is 0 Å². The van der Waals surface area contributed by atoms with Crippen LogP contribution in [0, 0.1) is 0 Å². The Hall–Kier alpha value is -2.10. The number of aryl methyl sites for hydroxylation is 2. The summed E-state index contributed by atoms with van der Waals surface area (Å²) in [7, 11) is 0. The van der Waals surface area contributed by atoms with E-state index in [1.54, 1.807) is 24.5 Å². The molecular weight excluding hydrogens is 216 g/mol. The highest BCUT2D eigenvalue weighted by atomic mass is 16.3. The van der Waals surface area contributed by atoms with Crippen LogP contribution >= 0.6 is 0 Å². The van der Waals surface area contributed by atoms with Gasteiger partial charge in [-0.05, 0) is 12.1 Å². The van der Waals surface area contributed by atoms with Crippen molar-refractivity contribution in [2.24, 2.45) is 0 Å². The zero-order valence-corrected chi connectivity index (χ0v) is 9.53. The quantitative estimate of drug-likeness (QED) is 0.765. The second-order valence-electron chi connectivity index (χ2n) is 3.95. The van der Waals surface area contributed by atoms with Crippen molar-refractivity contribution in [3.63, 3.8) is 0 Å². The first-order chi connectivity index (χ1) is 8.24. The van der Waals surface area contributed by atoms with Crippen molar-refractivity contribution in [2.75, 3.05) is 0 Å². The van der Waals surface area contributed by atoms with E-state index in [0.717, 1.165) is 19.5 Å². The number of nitrogens with zero attached hydrogens (tertiary/aromatic N) is 2. The first kappa shape index (κ1) is 11.4. The van der Waals surface area contributed by atoms with Gasteiger partial charge in [-0.1, -0.05) is 0 Å². The Morgan fingerprint density at radius 1 is 0.824 bits per heavy atom. The molecule has 0 radical (unpaired) electrons. The fourth-order valence-corrected chi connectivity index (χ4v) is 1.73. The summed E-state index contributed by atoms with van der Waals surface area (Å²) in [5.74, 6) is 0.551. The Bertz CT molecular complexity index is 455. The van der Waals surface area contributed by atoms with Crippen LogP contribution in [-0.2, 0) is 13.1 Å². The number of hydrogen-bond donors (Lipinski definition) is 2. The minimum Gasteiger partial charge on any atom is -0.503 e. The Kier molecular flexibility index (Phi) is 3.55. The molecule has 0 atom stereocenters. The molecule has 2 heterocycles. The second kappa shape index (κ2) is 5.30. The van der Waals surface area contributed by atoms with Crippen molar-refractivity contribution in [3.8, 4) is 11.5 Å². The molecular formula is C13H16N2O2+2. The topological polar surface area (TPSA) is 48.2 Å². The fourth-order valence-electron chi connectivity index (χ4n) is 1.73. The summed E-state index contributed by atoms with van der Waals surface area (Å²) in [6, 6.07) is 6.94. The molecule has 0 aliphatic carbocycles.